The van der Waals surface area contributed by atoms with Gasteiger partial charge in [0.15, 0.2) is 11.6 Å². The molecular formula is C27H34N6O4S. The Morgan fingerprint density at radius 1 is 1.11 bits per heavy atom. The summed E-state index contributed by atoms with van der Waals surface area (Å²) in [6, 6.07) is 13.5. The molecule has 0 radical (unpaired) electrons. The monoisotopic (exact) mass is 538 g/mol. The Kier molecular flexibility index (Phi) is 7.66. The quantitative estimate of drug-likeness (QED) is 0.427. The summed E-state index contributed by atoms with van der Waals surface area (Å²) in [5, 5.41) is 3.49. The van der Waals surface area contributed by atoms with Gasteiger partial charge in [-0.05, 0) is 43.5 Å². The molecule has 1 unspecified atom stereocenters. The Hall–Kier alpha value is -3.44. The summed E-state index contributed by atoms with van der Waals surface area (Å²) in [6.07, 6.45) is 3.60. The minimum Gasteiger partial charge on any atom is -0.497 e. The molecule has 3 heterocycles. The SMILES string of the molecule is COc1ccc(CNc2cc(-c3nc(N=S(C)(=O)C4CC4)cc(N4CCOC[C@H]4C)n3)cc(OC)n2)cc1. The number of methoxy groups -OCH3 is 2. The standard InChI is InChI=1S/C27H34N6O4S/c1-18-17-37-12-11-33(18)25-15-24(32-38(4,34)22-9-10-22)30-27(31-25)20-13-23(29-26(14-20)36-3)28-16-19-5-7-21(35-2)8-6-19/h5-8,13-15,18,22H,9-12,16-17H2,1-4H3,(H,28,29)/t18-,38?/m1/s1. The van der Waals surface area contributed by atoms with Crippen LogP contribution in [0, 0.1) is 0 Å². The molecule has 3 aromatic rings. The summed E-state index contributed by atoms with van der Waals surface area (Å²) in [6.45, 7) is 4.60. The zero-order valence-corrected chi connectivity index (χ0v) is 23.0. The van der Waals surface area contributed by atoms with Crippen LogP contribution in [0.4, 0.5) is 17.5 Å². The summed E-state index contributed by atoms with van der Waals surface area (Å²) >= 11 is 0. The fraction of sp³-hybridized carbons (Fsp3) is 0.444. The molecule has 2 atom stereocenters. The molecule has 1 aromatic carbocycles. The summed E-state index contributed by atoms with van der Waals surface area (Å²) in [7, 11) is 0.844. The summed E-state index contributed by atoms with van der Waals surface area (Å²) < 4.78 is 34.2. The fourth-order valence-electron chi connectivity index (χ4n) is 4.34. The van der Waals surface area contributed by atoms with Gasteiger partial charge in [-0.25, -0.2) is 14.2 Å². The lowest BCUT2D eigenvalue weighted by atomic mass is 10.2. The van der Waals surface area contributed by atoms with Gasteiger partial charge in [-0.2, -0.15) is 9.35 Å². The Labute approximate surface area is 224 Å². The number of rotatable bonds is 9. The van der Waals surface area contributed by atoms with E-state index in [1.807, 2.05) is 36.4 Å². The Morgan fingerprint density at radius 3 is 2.58 bits per heavy atom. The van der Waals surface area contributed by atoms with E-state index in [1.165, 1.54) is 0 Å². The third-order valence-electron chi connectivity index (χ3n) is 6.68. The Bertz CT molecular complexity index is 1400. The molecule has 11 heteroatoms. The van der Waals surface area contributed by atoms with Crippen LogP contribution in [0.3, 0.4) is 0 Å². The lowest BCUT2D eigenvalue weighted by molar-refractivity contribution is 0.0985. The molecule has 1 saturated carbocycles. The second-order valence-corrected chi connectivity index (χ2v) is 12.2. The third-order valence-corrected chi connectivity index (χ3v) is 8.94. The van der Waals surface area contributed by atoms with Crippen LogP contribution < -0.4 is 19.7 Å². The van der Waals surface area contributed by atoms with Gasteiger partial charge in [0.1, 0.15) is 17.4 Å². The van der Waals surface area contributed by atoms with Gasteiger partial charge in [0, 0.05) is 42.3 Å². The minimum absolute atomic E-state index is 0.126. The Morgan fingerprint density at radius 2 is 1.89 bits per heavy atom. The lowest BCUT2D eigenvalue weighted by Gasteiger charge is -2.34. The number of hydrogen-bond acceptors (Lipinski definition) is 10. The molecule has 2 aliphatic rings. The highest BCUT2D eigenvalue weighted by atomic mass is 32.2. The van der Waals surface area contributed by atoms with Crippen molar-refractivity contribution in [3.8, 4) is 23.0 Å². The maximum atomic E-state index is 13.2. The van der Waals surface area contributed by atoms with E-state index in [-0.39, 0.29) is 11.3 Å². The van der Waals surface area contributed by atoms with Gasteiger partial charge in [0.2, 0.25) is 5.88 Å². The van der Waals surface area contributed by atoms with Crippen molar-refractivity contribution in [3.05, 3.63) is 48.0 Å². The van der Waals surface area contributed by atoms with E-state index in [0.29, 0.717) is 49.6 Å². The van der Waals surface area contributed by atoms with Crippen LogP contribution in [0.5, 0.6) is 11.6 Å². The number of nitrogens with zero attached hydrogens (tertiary/aromatic N) is 5. The van der Waals surface area contributed by atoms with Gasteiger partial charge in [-0.3, -0.25) is 0 Å². The van der Waals surface area contributed by atoms with Gasteiger partial charge in [-0.15, -0.1) is 0 Å². The molecule has 38 heavy (non-hydrogen) atoms. The largest absolute Gasteiger partial charge is 0.497 e. The highest BCUT2D eigenvalue weighted by Crippen LogP contribution is 2.33. The number of hydrogen-bond donors (Lipinski definition) is 1. The predicted octanol–water partition coefficient (Wildman–Crippen LogP) is 4.28. The predicted molar refractivity (Wildman–Crippen MR) is 149 cm³/mol. The van der Waals surface area contributed by atoms with Crippen molar-refractivity contribution in [1.29, 1.82) is 0 Å². The fourth-order valence-corrected chi connectivity index (χ4v) is 5.97. The number of pyridine rings is 1. The van der Waals surface area contributed by atoms with Crippen molar-refractivity contribution in [2.45, 2.75) is 37.6 Å². The van der Waals surface area contributed by atoms with Gasteiger partial charge < -0.3 is 24.4 Å². The van der Waals surface area contributed by atoms with E-state index in [9.17, 15) is 4.21 Å². The van der Waals surface area contributed by atoms with E-state index >= 15 is 0 Å². The molecule has 5 rings (SSSR count). The zero-order chi connectivity index (χ0) is 26.7. The number of nitrogens with one attached hydrogen (secondary N) is 1. The average molecular weight is 539 g/mol. The van der Waals surface area contributed by atoms with Gasteiger partial charge in [0.25, 0.3) is 0 Å². The van der Waals surface area contributed by atoms with Crippen LogP contribution >= 0.6 is 0 Å². The first kappa shape index (κ1) is 26.2. The van der Waals surface area contributed by atoms with Crippen molar-refractivity contribution in [3.63, 3.8) is 0 Å². The molecule has 0 amide bonds. The first-order valence-corrected chi connectivity index (χ1v) is 14.7. The smallest absolute Gasteiger partial charge is 0.215 e. The molecule has 1 aliphatic carbocycles. The molecule has 2 fully saturated rings. The number of benzene rings is 1. The lowest BCUT2D eigenvalue weighted by Crippen LogP contribution is -2.44. The molecule has 2 aromatic heterocycles. The number of anilines is 2. The summed E-state index contributed by atoms with van der Waals surface area (Å²) in [5.74, 6) is 3.50. The highest BCUT2D eigenvalue weighted by Gasteiger charge is 2.31. The van der Waals surface area contributed by atoms with Crippen molar-refractivity contribution in [2.24, 2.45) is 4.36 Å². The maximum absolute atomic E-state index is 13.2. The van der Waals surface area contributed by atoms with E-state index < -0.39 is 9.73 Å². The highest BCUT2D eigenvalue weighted by molar-refractivity contribution is 7.93. The molecule has 1 N–H and O–H groups in total. The maximum Gasteiger partial charge on any atom is 0.215 e. The van der Waals surface area contributed by atoms with Crippen LogP contribution in [0.1, 0.15) is 25.3 Å². The molecule has 0 spiro atoms. The van der Waals surface area contributed by atoms with Crippen molar-refractivity contribution >= 4 is 27.2 Å². The van der Waals surface area contributed by atoms with E-state index in [1.54, 1.807) is 26.5 Å². The first-order valence-electron chi connectivity index (χ1n) is 12.7. The number of aromatic nitrogens is 3. The zero-order valence-electron chi connectivity index (χ0n) is 22.2. The van der Waals surface area contributed by atoms with E-state index in [2.05, 4.69) is 26.5 Å². The molecule has 1 saturated heterocycles. The minimum atomic E-state index is -2.38. The molecule has 202 valence electrons. The van der Waals surface area contributed by atoms with Crippen LogP contribution in [-0.2, 0) is 21.0 Å². The van der Waals surface area contributed by atoms with Crippen LogP contribution in [-0.4, -0.2) is 70.7 Å². The van der Waals surface area contributed by atoms with Crippen molar-refractivity contribution < 1.29 is 18.4 Å². The van der Waals surface area contributed by atoms with E-state index in [0.717, 1.165) is 35.5 Å². The first-order chi connectivity index (χ1) is 18.3. The van der Waals surface area contributed by atoms with Crippen LogP contribution in [0.2, 0.25) is 0 Å². The third kappa shape index (κ3) is 6.16. The average Bonchev–Trinajstić information content (AvgIpc) is 3.78. The molecule has 0 bridgehead atoms. The molecule has 10 nitrogen and oxygen atoms in total. The molecule has 1 aliphatic heterocycles. The van der Waals surface area contributed by atoms with Crippen LogP contribution in [0.15, 0.2) is 46.8 Å². The normalized spacial score (nSPS) is 18.9. The second-order valence-electron chi connectivity index (χ2n) is 9.66. The Balaban J connectivity index is 1.51. The second kappa shape index (κ2) is 11.1. The summed E-state index contributed by atoms with van der Waals surface area (Å²) in [5.41, 5.74) is 1.80. The van der Waals surface area contributed by atoms with Gasteiger partial charge >= 0.3 is 0 Å². The topological polar surface area (TPSA) is 111 Å². The van der Waals surface area contributed by atoms with Crippen molar-refractivity contribution in [1.82, 2.24) is 15.0 Å². The van der Waals surface area contributed by atoms with E-state index in [4.69, 9.17) is 24.2 Å². The number of ether oxygens (including phenoxy) is 3. The number of morpholine rings is 1. The van der Waals surface area contributed by atoms with Gasteiger partial charge in [-0.1, -0.05) is 12.1 Å². The van der Waals surface area contributed by atoms with Gasteiger partial charge in [0.05, 0.1) is 43.2 Å². The van der Waals surface area contributed by atoms with Crippen LogP contribution in [0.25, 0.3) is 11.4 Å². The molecular weight excluding hydrogens is 504 g/mol. The van der Waals surface area contributed by atoms with Crippen molar-refractivity contribution in [2.75, 3.05) is 50.5 Å². The summed E-state index contributed by atoms with van der Waals surface area (Å²) in [4.78, 5) is 16.4.